The molecule has 0 spiro atoms. The minimum absolute atomic E-state index is 0.169. The second-order valence-corrected chi connectivity index (χ2v) is 8.32. The third-order valence-electron chi connectivity index (χ3n) is 3.99. The summed E-state index contributed by atoms with van der Waals surface area (Å²) < 4.78 is 6.56. The molecule has 0 bridgehead atoms. The van der Waals surface area contributed by atoms with E-state index in [9.17, 15) is 9.59 Å². The average Bonchev–Trinajstić information content (AvgIpc) is 2.87. The molecule has 0 aromatic heterocycles. The Labute approximate surface area is 170 Å². The molecule has 2 amide bonds. The number of benzene rings is 2. The van der Waals surface area contributed by atoms with E-state index in [2.05, 4.69) is 15.9 Å². The molecule has 1 heterocycles. The molecule has 2 aromatic rings. The van der Waals surface area contributed by atoms with Crippen molar-refractivity contribution in [2.75, 3.05) is 6.61 Å². The van der Waals surface area contributed by atoms with Crippen LogP contribution in [0.4, 0.5) is 4.79 Å². The fourth-order valence-corrected chi connectivity index (χ4v) is 4.30. The maximum Gasteiger partial charge on any atom is 0.289 e. The number of carbonyl (C=O) groups is 2. The van der Waals surface area contributed by atoms with Gasteiger partial charge >= 0.3 is 0 Å². The third-order valence-corrected chi connectivity index (χ3v) is 5.81. The van der Waals surface area contributed by atoms with Crippen LogP contribution in [0, 0.1) is 0 Å². The first kappa shape index (κ1) is 19.3. The first-order valence-electron chi connectivity index (χ1n) is 8.15. The van der Waals surface area contributed by atoms with E-state index in [1.807, 2.05) is 37.3 Å². The number of imide groups is 1. The largest absolute Gasteiger partial charge is 0.494 e. The van der Waals surface area contributed by atoms with Crippen LogP contribution in [0.1, 0.15) is 18.1 Å². The van der Waals surface area contributed by atoms with Gasteiger partial charge < -0.3 is 4.74 Å². The minimum Gasteiger partial charge on any atom is -0.494 e. The molecule has 1 aliphatic rings. The number of hydrogen-bond acceptors (Lipinski definition) is 4. The van der Waals surface area contributed by atoms with E-state index in [-0.39, 0.29) is 17.7 Å². The predicted octanol–water partition coefficient (Wildman–Crippen LogP) is 5.31. The van der Waals surface area contributed by atoms with Gasteiger partial charge in [-0.15, -0.1) is 0 Å². The Hall–Kier alpha value is -1.50. The van der Waals surface area contributed by atoms with Crippen molar-refractivity contribution in [2.45, 2.75) is 25.1 Å². The molecule has 1 saturated heterocycles. The molecule has 0 N–H and O–H groups in total. The summed E-state index contributed by atoms with van der Waals surface area (Å²) in [6.45, 7) is 2.72. The quantitative estimate of drug-likeness (QED) is 0.593. The Morgan fingerprint density at radius 2 is 1.92 bits per heavy atom. The summed E-state index contributed by atoms with van der Waals surface area (Å²) in [6.07, 6.45) is 0.446. The molecule has 1 fully saturated rings. The van der Waals surface area contributed by atoms with Crippen LogP contribution in [0.3, 0.4) is 0 Å². The van der Waals surface area contributed by atoms with E-state index in [0.717, 1.165) is 33.1 Å². The van der Waals surface area contributed by atoms with E-state index >= 15 is 0 Å². The van der Waals surface area contributed by atoms with Gasteiger partial charge in [0.25, 0.3) is 5.24 Å². The van der Waals surface area contributed by atoms with Crippen LogP contribution in [0.25, 0.3) is 0 Å². The van der Waals surface area contributed by atoms with Crippen LogP contribution in [-0.2, 0) is 17.8 Å². The van der Waals surface area contributed by atoms with Crippen molar-refractivity contribution < 1.29 is 14.3 Å². The summed E-state index contributed by atoms with van der Waals surface area (Å²) in [5, 5.41) is -0.0376. The van der Waals surface area contributed by atoms with Crippen molar-refractivity contribution in [3.8, 4) is 5.75 Å². The van der Waals surface area contributed by atoms with Gasteiger partial charge in [-0.1, -0.05) is 51.4 Å². The highest BCUT2D eigenvalue weighted by Gasteiger charge is 2.39. The maximum atomic E-state index is 12.8. The molecule has 1 aliphatic heterocycles. The highest BCUT2D eigenvalue weighted by Crippen LogP contribution is 2.34. The average molecular weight is 455 g/mol. The first-order chi connectivity index (χ1) is 12.5. The van der Waals surface area contributed by atoms with Gasteiger partial charge in [0.05, 0.1) is 18.4 Å². The van der Waals surface area contributed by atoms with Gasteiger partial charge in [-0.3, -0.25) is 14.5 Å². The van der Waals surface area contributed by atoms with E-state index < -0.39 is 5.25 Å². The monoisotopic (exact) mass is 453 g/mol. The smallest absolute Gasteiger partial charge is 0.289 e. The molecule has 2 aromatic carbocycles. The Balaban J connectivity index is 1.75. The number of thioether (sulfide) groups is 1. The number of rotatable bonds is 6. The van der Waals surface area contributed by atoms with Crippen molar-refractivity contribution >= 4 is 50.4 Å². The van der Waals surface area contributed by atoms with Crippen LogP contribution in [0.2, 0.25) is 5.02 Å². The van der Waals surface area contributed by atoms with Gasteiger partial charge in [0.2, 0.25) is 5.91 Å². The van der Waals surface area contributed by atoms with Crippen LogP contribution in [-0.4, -0.2) is 27.9 Å². The van der Waals surface area contributed by atoms with Gasteiger partial charge in [-0.2, -0.15) is 0 Å². The fraction of sp³-hybridized carbons (Fsp3) is 0.263. The number of amides is 2. The zero-order chi connectivity index (χ0) is 18.7. The Kier molecular flexibility index (Phi) is 6.27. The lowest BCUT2D eigenvalue weighted by atomic mass is 10.1. The van der Waals surface area contributed by atoms with Gasteiger partial charge in [-0.25, -0.2) is 0 Å². The standard InChI is InChI=1S/C19H17BrClNO3S/c1-2-25-16-8-5-14(20)9-13(16)10-17-18(23)22(19(24)26-17)11-12-3-6-15(21)7-4-12/h3-9,17H,2,10-11H2,1H3/t17-/m0/s1. The van der Waals surface area contributed by atoms with Crippen molar-refractivity contribution in [1.82, 2.24) is 4.90 Å². The maximum absolute atomic E-state index is 12.8. The summed E-state index contributed by atoms with van der Waals surface area (Å²) in [5.41, 5.74) is 1.78. The summed E-state index contributed by atoms with van der Waals surface area (Å²) in [6, 6.07) is 12.9. The van der Waals surface area contributed by atoms with Gasteiger partial charge in [0, 0.05) is 9.50 Å². The molecule has 1 atom stereocenters. The first-order valence-corrected chi connectivity index (χ1v) is 10.2. The molecule has 7 heteroatoms. The number of halogens is 2. The Morgan fingerprint density at radius 1 is 1.19 bits per heavy atom. The molecule has 4 nitrogen and oxygen atoms in total. The summed E-state index contributed by atoms with van der Waals surface area (Å²) in [7, 11) is 0. The number of carbonyl (C=O) groups excluding carboxylic acids is 2. The van der Waals surface area contributed by atoms with Crippen LogP contribution < -0.4 is 4.74 Å². The Morgan fingerprint density at radius 3 is 2.62 bits per heavy atom. The van der Waals surface area contributed by atoms with Gasteiger partial charge in [-0.05, 0) is 54.8 Å². The normalized spacial score (nSPS) is 17.0. The van der Waals surface area contributed by atoms with Crippen molar-refractivity contribution in [3.05, 3.63) is 63.1 Å². The lowest BCUT2D eigenvalue weighted by molar-refractivity contribution is -0.127. The lowest BCUT2D eigenvalue weighted by Gasteiger charge is -2.15. The zero-order valence-electron chi connectivity index (χ0n) is 14.1. The lowest BCUT2D eigenvalue weighted by Crippen LogP contribution is -2.31. The number of nitrogens with zero attached hydrogens (tertiary/aromatic N) is 1. The molecule has 0 unspecified atom stereocenters. The highest BCUT2D eigenvalue weighted by molar-refractivity contribution is 9.10. The molecule has 0 aliphatic carbocycles. The van der Waals surface area contributed by atoms with Gasteiger partial charge in [0.1, 0.15) is 5.75 Å². The zero-order valence-corrected chi connectivity index (χ0v) is 17.2. The predicted molar refractivity (Wildman–Crippen MR) is 108 cm³/mol. The second-order valence-electron chi connectivity index (χ2n) is 5.81. The fourth-order valence-electron chi connectivity index (χ4n) is 2.75. The van der Waals surface area contributed by atoms with E-state index in [0.29, 0.717) is 18.1 Å². The summed E-state index contributed by atoms with van der Waals surface area (Å²) in [4.78, 5) is 26.4. The third kappa shape index (κ3) is 4.42. The summed E-state index contributed by atoms with van der Waals surface area (Å²) >= 11 is 10.4. The Bertz CT molecular complexity index is 828. The molecule has 3 rings (SSSR count). The minimum atomic E-state index is -0.441. The van der Waals surface area contributed by atoms with E-state index in [1.54, 1.807) is 12.1 Å². The van der Waals surface area contributed by atoms with Crippen LogP contribution in [0.15, 0.2) is 46.9 Å². The van der Waals surface area contributed by atoms with Crippen LogP contribution >= 0.6 is 39.3 Å². The number of hydrogen-bond donors (Lipinski definition) is 0. The molecule has 0 radical (unpaired) electrons. The van der Waals surface area contributed by atoms with Crippen molar-refractivity contribution in [3.63, 3.8) is 0 Å². The van der Waals surface area contributed by atoms with Crippen LogP contribution in [0.5, 0.6) is 5.75 Å². The van der Waals surface area contributed by atoms with E-state index in [4.69, 9.17) is 16.3 Å². The molecule has 0 saturated carbocycles. The molecule has 26 heavy (non-hydrogen) atoms. The van der Waals surface area contributed by atoms with Crippen molar-refractivity contribution in [1.29, 1.82) is 0 Å². The highest BCUT2D eigenvalue weighted by atomic mass is 79.9. The molecular weight excluding hydrogens is 438 g/mol. The van der Waals surface area contributed by atoms with Crippen molar-refractivity contribution in [2.24, 2.45) is 0 Å². The SMILES string of the molecule is CCOc1ccc(Br)cc1C[C@@H]1SC(=O)N(Cc2ccc(Cl)cc2)C1=O. The molecule has 136 valence electrons. The summed E-state index contributed by atoms with van der Waals surface area (Å²) in [5.74, 6) is 0.574. The van der Waals surface area contributed by atoms with E-state index in [1.165, 1.54) is 4.90 Å². The number of ether oxygens (including phenoxy) is 1. The molecular formula is C19H17BrClNO3S. The second kappa shape index (κ2) is 8.46. The topological polar surface area (TPSA) is 46.6 Å². The van der Waals surface area contributed by atoms with Gasteiger partial charge in [0.15, 0.2) is 0 Å².